The van der Waals surface area contributed by atoms with E-state index in [9.17, 15) is 4.79 Å². The van der Waals surface area contributed by atoms with Gasteiger partial charge in [-0.15, -0.1) is 21.5 Å². The molecular formula is C15H21N5OS2. The second-order valence-electron chi connectivity index (χ2n) is 5.59. The van der Waals surface area contributed by atoms with Crippen LogP contribution in [0.4, 0.5) is 0 Å². The number of likely N-dealkylation sites (tertiary alicyclic amines) is 1. The molecule has 1 atom stereocenters. The standard InChI is InChI=1S/C15H21N5OS2/c1-2-11-6-3-4-8-19(11)13(21)10-23-15-18-17-14(20(15)16)12-7-5-9-22-12/h5,7,9,11H,2-4,6,8,10,16H2,1H3/t11-/m0/s1. The molecule has 23 heavy (non-hydrogen) atoms. The zero-order valence-electron chi connectivity index (χ0n) is 13.1. The van der Waals surface area contributed by atoms with Crippen LogP contribution < -0.4 is 5.84 Å². The van der Waals surface area contributed by atoms with Crippen LogP contribution in [0.5, 0.6) is 0 Å². The Morgan fingerprint density at radius 2 is 2.35 bits per heavy atom. The summed E-state index contributed by atoms with van der Waals surface area (Å²) in [6.07, 6.45) is 4.45. The number of carbonyl (C=O) groups excluding carboxylic acids is 1. The molecule has 1 aliphatic rings. The van der Waals surface area contributed by atoms with Crippen molar-refractivity contribution in [3.63, 3.8) is 0 Å². The zero-order chi connectivity index (χ0) is 16.2. The first-order valence-corrected chi connectivity index (χ1v) is 9.74. The maximum absolute atomic E-state index is 12.5. The van der Waals surface area contributed by atoms with Gasteiger partial charge in [-0.2, -0.15) is 0 Å². The number of amides is 1. The number of carbonyl (C=O) groups is 1. The van der Waals surface area contributed by atoms with E-state index in [0.29, 0.717) is 22.8 Å². The Hall–Kier alpha value is -1.54. The lowest BCUT2D eigenvalue weighted by Gasteiger charge is -2.35. The molecule has 124 valence electrons. The summed E-state index contributed by atoms with van der Waals surface area (Å²) >= 11 is 2.92. The van der Waals surface area contributed by atoms with Crippen LogP contribution in [-0.4, -0.2) is 44.0 Å². The molecule has 0 spiro atoms. The predicted octanol–water partition coefficient (Wildman–Crippen LogP) is 2.60. The summed E-state index contributed by atoms with van der Waals surface area (Å²) in [6.45, 7) is 3.01. The molecule has 0 radical (unpaired) electrons. The lowest BCUT2D eigenvalue weighted by Crippen LogP contribution is -2.44. The normalized spacial score (nSPS) is 18.3. The molecule has 6 nitrogen and oxygen atoms in total. The van der Waals surface area contributed by atoms with Crippen molar-refractivity contribution in [1.82, 2.24) is 19.8 Å². The van der Waals surface area contributed by atoms with Gasteiger partial charge in [0.05, 0.1) is 10.6 Å². The Labute approximate surface area is 144 Å². The van der Waals surface area contributed by atoms with Crippen molar-refractivity contribution in [1.29, 1.82) is 0 Å². The molecule has 1 amide bonds. The third-order valence-electron chi connectivity index (χ3n) is 4.15. The third kappa shape index (κ3) is 3.53. The molecule has 0 bridgehead atoms. The van der Waals surface area contributed by atoms with Gasteiger partial charge in [0, 0.05) is 12.6 Å². The van der Waals surface area contributed by atoms with Crippen LogP contribution in [0.1, 0.15) is 32.6 Å². The summed E-state index contributed by atoms with van der Waals surface area (Å²) in [4.78, 5) is 15.5. The predicted molar refractivity (Wildman–Crippen MR) is 93.9 cm³/mol. The second-order valence-corrected chi connectivity index (χ2v) is 7.48. The summed E-state index contributed by atoms with van der Waals surface area (Å²) in [7, 11) is 0. The molecule has 0 aromatic carbocycles. The van der Waals surface area contributed by atoms with Crippen molar-refractivity contribution in [2.75, 3.05) is 18.1 Å². The van der Waals surface area contributed by atoms with Crippen molar-refractivity contribution < 1.29 is 4.79 Å². The van der Waals surface area contributed by atoms with Gasteiger partial charge in [-0.05, 0) is 37.1 Å². The highest BCUT2D eigenvalue weighted by Crippen LogP contribution is 2.26. The molecular weight excluding hydrogens is 330 g/mol. The number of piperidine rings is 1. The van der Waals surface area contributed by atoms with E-state index >= 15 is 0 Å². The maximum atomic E-state index is 12.5. The van der Waals surface area contributed by atoms with E-state index in [4.69, 9.17) is 5.84 Å². The summed E-state index contributed by atoms with van der Waals surface area (Å²) < 4.78 is 1.47. The lowest BCUT2D eigenvalue weighted by molar-refractivity contribution is -0.132. The van der Waals surface area contributed by atoms with Crippen LogP contribution in [0.2, 0.25) is 0 Å². The van der Waals surface area contributed by atoms with Crippen LogP contribution in [0, 0.1) is 0 Å². The zero-order valence-corrected chi connectivity index (χ0v) is 14.8. The SMILES string of the molecule is CC[C@H]1CCCCN1C(=O)CSc1nnc(-c2cccs2)n1N. The molecule has 2 N–H and O–H groups in total. The molecule has 0 aliphatic carbocycles. The van der Waals surface area contributed by atoms with Gasteiger partial charge in [0.2, 0.25) is 11.1 Å². The van der Waals surface area contributed by atoms with Gasteiger partial charge < -0.3 is 10.7 Å². The van der Waals surface area contributed by atoms with E-state index < -0.39 is 0 Å². The molecule has 2 aromatic heterocycles. The Morgan fingerprint density at radius 3 is 3.09 bits per heavy atom. The molecule has 1 fully saturated rings. The van der Waals surface area contributed by atoms with Crippen LogP contribution in [0.25, 0.3) is 10.7 Å². The fourth-order valence-corrected chi connectivity index (χ4v) is 4.36. The van der Waals surface area contributed by atoms with Gasteiger partial charge in [0.15, 0.2) is 5.82 Å². The molecule has 0 saturated carbocycles. The number of hydrogen-bond donors (Lipinski definition) is 1. The maximum Gasteiger partial charge on any atom is 0.233 e. The number of thioether (sulfide) groups is 1. The van der Waals surface area contributed by atoms with Crippen LogP contribution in [0.15, 0.2) is 22.7 Å². The van der Waals surface area contributed by atoms with Crippen molar-refractivity contribution in [3.05, 3.63) is 17.5 Å². The van der Waals surface area contributed by atoms with Crippen LogP contribution >= 0.6 is 23.1 Å². The summed E-state index contributed by atoms with van der Waals surface area (Å²) in [5, 5.41) is 10.8. The van der Waals surface area contributed by atoms with Gasteiger partial charge in [-0.25, -0.2) is 4.68 Å². The highest BCUT2D eigenvalue weighted by Gasteiger charge is 2.25. The summed E-state index contributed by atoms with van der Waals surface area (Å²) in [5.74, 6) is 7.23. The topological polar surface area (TPSA) is 77.0 Å². The Balaban J connectivity index is 1.63. The van der Waals surface area contributed by atoms with Crippen molar-refractivity contribution >= 4 is 29.0 Å². The molecule has 1 aliphatic heterocycles. The van der Waals surface area contributed by atoms with Gasteiger partial charge >= 0.3 is 0 Å². The minimum atomic E-state index is 0.169. The van der Waals surface area contributed by atoms with E-state index in [-0.39, 0.29) is 5.91 Å². The number of nitrogens with two attached hydrogens (primary N) is 1. The number of nitrogen functional groups attached to an aromatic ring is 1. The average molecular weight is 352 g/mol. The smallest absolute Gasteiger partial charge is 0.233 e. The van der Waals surface area contributed by atoms with Gasteiger partial charge in [0.25, 0.3) is 0 Å². The highest BCUT2D eigenvalue weighted by molar-refractivity contribution is 7.99. The van der Waals surface area contributed by atoms with Gasteiger partial charge in [0.1, 0.15) is 0 Å². The molecule has 3 rings (SSSR count). The van der Waals surface area contributed by atoms with E-state index in [2.05, 4.69) is 17.1 Å². The number of thiophene rings is 1. The monoisotopic (exact) mass is 351 g/mol. The highest BCUT2D eigenvalue weighted by atomic mass is 32.2. The summed E-state index contributed by atoms with van der Waals surface area (Å²) in [5.41, 5.74) is 0. The second kappa shape index (κ2) is 7.35. The van der Waals surface area contributed by atoms with Gasteiger partial charge in [-0.1, -0.05) is 24.8 Å². The molecule has 0 unspecified atom stereocenters. The first kappa shape index (κ1) is 16.3. The Kier molecular flexibility index (Phi) is 5.22. The van der Waals surface area contributed by atoms with E-state index in [1.165, 1.54) is 22.9 Å². The molecule has 2 aromatic rings. The fraction of sp³-hybridized carbons (Fsp3) is 0.533. The number of aromatic nitrogens is 3. The molecule has 8 heteroatoms. The van der Waals surface area contributed by atoms with E-state index in [1.54, 1.807) is 11.3 Å². The number of nitrogens with zero attached hydrogens (tertiary/aromatic N) is 4. The van der Waals surface area contributed by atoms with Crippen molar-refractivity contribution in [3.8, 4) is 10.7 Å². The van der Waals surface area contributed by atoms with E-state index in [0.717, 1.165) is 30.7 Å². The van der Waals surface area contributed by atoms with Gasteiger partial charge in [-0.3, -0.25) is 4.79 Å². The largest absolute Gasteiger partial charge is 0.339 e. The van der Waals surface area contributed by atoms with Crippen LogP contribution in [0.3, 0.4) is 0 Å². The lowest BCUT2D eigenvalue weighted by atomic mass is 10.0. The van der Waals surface area contributed by atoms with Crippen molar-refractivity contribution in [2.24, 2.45) is 0 Å². The first-order valence-electron chi connectivity index (χ1n) is 7.87. The number of hydrogen-bond acceptors (Lipinski definition) is 6. The molecule has 1 saturated heterocycles. The minimum Gasteiger partial charge on any atom is -0.339 e. The van der Waals surface area contributed by atoms with Crippen molar-refractivity contribution in [2.45, 2.75) is 43.8 Å². The number of rotatable bonds is 5. The average Bonchev–Trinajstić information content (AvgIpc) is 3.22. The Bertz CT molecular complexity index is 655. The molecule has 3 heterocycles. The quantitative estimate of drug-likeness (QED) is 0.662. The fourth-order valence-electron chi connectivity index (χ4n) is 2.91. The van der Waals surface area contributed by atoms with E-state index in [1.807, 2.05) is 22.4 Å². The Morgan fingerprint density at radius 1 is 1.48 bits per heavy atom. The minimum absolute atomic E-state index is 0.169. The first-order chi connectivity index (χ1) is 11.2. The summed E-state index contributed by atoms with van der Waals surface area (Å²) in [6, 6.07) is 4.29. The third-order valence-corrected chi connectivity index (χ3v) is 5.94. The van der Waals surface area contributed by atoms with Crippen LogP contribution in [-0.2, 0) is 4.79 Å².